The van der Waals surface area contributed by atoms with E-state index >= 15 is 0 Å². The molecule has 0 aliphatic heterocycles. The zero-order valence-electron chi connectivity index (χ0n) is 16.8. The molecule has 0 aromatic carbocycles. The van der Waals surface area contributed by atoms with E-state index in [0.717, 1.165) is 51.6 Å². The molecule has 140 valence electrons. The molecule has 0 saturated heterocycles. The van der Waals surface area contributed by atoms with Gasteiger partial charge in [0.1, 0.15) is 5.78 Å². The topological polar surface area (TPSA) is 26.3 Å². The molecular weight excluding hydrogens is 296 g/mol. The highest BCUT2D eigenvalue weighted by molar-refractivity contribution is 5.81. The molecule has 0 spiro atoms. The van der Waals surface area contributed by atoms with Crippen molar-refractivity contribution < 1.29 is 9.53 Å². The van der Waals surface area contributed by atoms with Gasteiger partial charge in [-0.05, 0) is 55.8 Å². The summed E-state index contributed by atoms with van der Waals surface area (Å²) < 4.78 is 5.31. The summed E-state index contributed by atoms with van der Waals surface area (Å²) in [5, 5.41) is 0. The SMILES string of the molecule is C=C(C(CCC)CCOC)C1CCC(C)(C)CC1C(=O)CCCC. The fourth-order valence-electron chi connectivity index (χ4n) is 4.33. The van der Waals surface area contributed by atoms with Gasteiger partial charge < -0.3 is 4.74 Å². The van der Waals surface area contributed by atoms with Gasteiger partial charge in [-0.2, -0.15) is 0 Å². The number of allylic oxidation sites excluding steroid dienone is 1. The summed E-state index contributed by atoms with van der Waals surface area (Å²) >= 11 is 0. The highest BCUT2D eigenvalue weighted by Gasteiger charge is 2.40. The second kappa shape index (κ2) is 10.4. The number of ether oxygens (including phenoxy) is 1. The number of rotatable bonds is 11. The molecule has 1 aliphatic rings. The highest BCUT2D eigenvalue weighted by atomic mass is 16.5. The van der Waals surface area contributed by atoms with Gasteiger partial charge in [-0.15, -0.1) is 0 Å². The minimum atomic E-state index is 0.190. The van der Waals surface area contributed by atoms with Crippen LogP contribution in [-0.4, -0.2) is 19.5 Å². The lowest BCUT2D eigenvalue weighted by Gasteiger charge is -2.42. The maximum Gasteiger partial charge on any atom is 0.136 e. The van der Waals surface area contributed by atoms with Crippen LogP contribution in [0.4, 0.5) is 0 Å². The van der Waals surface area contributed by atoms with Crippen molar-refractivity contribution in [3.63, 3.8) is 0 Å². The number of carbonyl (C=O) groups is 1. The first-order valence-corrected chi connectivity index (χ1v) is 10.1. The van der Waals surface area contributed by atoms with Crippen molar-refractivity contribution in [3.8, 4) is 0 Å². The smallest absolute Gasteiger partial charge is 0.136 e. The standard InChI is InChI=1S/C22H40O2/c1-7-9-11-21(23)20-16-22(4,5)14-12-19(20)17(3)18(10-8-2)13-15-24-6/h18-20H,3,7-16H2,1-2,4-6H3. The van der Waals surface area contributed by atoms with E-state index < -0.39 is 0 Å². The molecule has 3 atom stereocenters. The number of ketones is 1. The molecule has 2 heteroatoms. The van der Waals surface area contributed by atoms with Crippen LogP contribution in [0.2, 0.25) is 0 Å². The van der Waals surface area contributed by atoms with E-state index in [1.165, 1.54) is 18.4 Å². The van der Waals surface area contributed by atoms with Gasteiger partial charge in [-0.25, -0.2) is 0 Å². The van der Waals surface area contributed by atoms with Gasteiger partial charge in [-0.3, -0.25) is 4.79 Å². The van der Waals surface area contributed by atoms with E-state index in [4.69, 9.17) is 4.74 Å². The zero-order valence-corrected chi connectivity index (χ0v) is 16.8. The fourth-order valence-corrected chi connectivity index (χ4v) is 4.33. The molecule has 1 aliphatic carbocycles. The summed E-state index contributed by atoms with van der Waals surface area (Å²) in [4.78, 5) is 12.9. The minimum absolute atomic E-state index is 0.190. The highest BCUT2D eigenvalue weighted by Crippen LogP contribution is 2.47. The van der Waals surface area contributed by atoms with Crippen LogP contribution in [0.5, 0.6) is 0 Å². The normalized spacial score (nSPS) is 24.5. The van der Waals surface area contributed by atoms with Gasteiger partial charge in [0.2, 0.25) is 0 Å². The predicted octanol–water partition coefficient (Wildman–Crippen LogP) is 6.20. The Morgan fingerprint density at radius 1 is 1.21 bits per heavy atom. The minimum Gasteiger partial charge on any atom is -0.385 e. The van der Waals surface area contributed by atoms with Crippen molar-refractivity contribution >= 4 is 5.78 Å². The van der Waals surface area contributed by atoms with Gasteiger partial charge in [0, 0.05) is 26.1 Å². The molecule has 0 heterocycles. The summed E-state index contributed by atoms with van der Waals surface area (Å²) in [6.07, 6.45) is 9.60. The van der Waals surface area contributed by atoms with Crippen molar-refractivity contribution in [2.24, 2.45) is 23.2 Å². The summed E-state index contributed by atoms with van der Waals surface area (Å²) in [7, 11) is 1.77. The molecule has 3 unspecified atom stereocenters. The van der Waals surface area contributed by atoms with Crippen LogP contribution in [-0.2, 0) is 9.53 Å². The van der Waals surface area contributed by atoms with Gasteiger partial charge in [-0.1, -0.05) is 52.7 Å². The molecule has 0 aromatic rings. The first-order valence-electron chi connectivity index (χ1n) is 10.1. The Morgan fingerprint density at radius 3 is 2.50 bits per heavy atom. The average molecular weight is 337 g/mol. The Morgan fingerprint density at radius 2 is 1.92 bits per heavy atom. The Hall–Kier alpha value is -0.630. The van der Waals surface area contributed by atoms with Crippen molar-refractivity contribution in [3.05, 3.63) is 12.2 Å². The third kappa shape index (κ3) is 6.35. The van der Waals surface area contributed by atoms with Gasteiger partial charge in [0.15, 0.2) is 0 Å². The first-order chi connectivity index (χ1) is 11.4. The van der Waals surface area contributed by atoms with Crippen molar-refractivity contribution in [1.29, 1.82) is 0 Å². The lowest BCUT2D eigenvalue weighted by atomic mass is 9.62. The molecule has 1 rings (SSSR count). The average Bonchev–Trinajstić information content (AvgIpc) is 2.55. The van der Waals surface area contributed by atoms with E-state index in [1.54, 1.807) is 7.11 Å². The van der Waals surface area contributed by atoms with E-state index in [0.29, 0.717) is 17.6 Å². The molecule has 1 fully saturated rings. The first kappa shape index (κ1) is 21.4. The van der Waals surface area contributed by atoms with Crippen molar-refractivity contribution in [1.82, 2.24) is 0 Å². The Kier molecular flexibility index (Phi) is 9.26. The van der Waals surface area contributed by atoms with Gasteiger partial charge >= 0.3 is 0 Å². The molecule has 0 N–H and O–H groups in total. The van der Waals surface area contributed by atoms with Crippen molar-refractivity contribution in [2.45, 2.75) is 85.5 Å². The second-order valence-electron chi connectivity index (χ2n) is 8.53. The number of methoxy groups -OCH3 is 1. The quantitative estimate of drug-likeness (QED) is 0.420. The van der Waals surface area contributed by atoms with Crippen LogP contribution in [0, 0.1) is 23.2 Å². The van der Waals surface area contributed by atoms with E-state index in [2.05, 4.69) is 34.3 Å². The van der Waals surface area contributed by atoms with Crippen LogP contribution >= 0.6 is 0 Å². The Balaban J connectivity index is 2.89. The summed E-state index contributed by atoms with van der Waals surface area (Å²) in [5.41, 5.74) is 1.62. The fraction of sp³-hybridized carbons (Fsp3) is 0.864. The predicted molar refractivity (Wildman–Crippen MR) is 103 cm³/mol. The maximum atomic E-state index is 12.9. The molecule has 0 bridgehead atoms. The lowest BCUT2D eigenvalue weighted by Crippen LogP contribution is -2.37. The van der Waals surface area contributed by atoms with E-state index in [9.17, 15) is 4.79 Å². The zero-order chi connectivity index (χ0) is 18.2. The largest absolute Gasteiger partial charge is 0.385 e. The molecule has 1 saturated carbocycles. The third-order valence-electron chi connectivity index (χ3n) is 5.89. The summed E-state index contributed by atoms with van der Waals surface area (Å²) in [6, 6.07) is 0. The Labute approximate surface area is 150 Å². The second-order valence-corrected chi connectivity index (χ2v) is 8.53. The number of carbonyl (C=O) groups excluding carboxylic acids is 1. The van der Waals surface area contributed by atoms with E-state index in [-0.39, 0.29) is 11.3 Å². The number of unbranched alkanes of at least 4 members (excludes halogenated alkanes) is 1. The van der Waals surface area contributed by atoms with Crippen LogP contribution in [0.3, 0.4) is 0 Å². The van der Waals surface area contributed by atoms with Crippen LogP contribution < -0.4 is 0 Å². The monoisotopic (exact) mass is 336 g/mol. The molecule has 24 heavy (non-hydrogen) atoms. The lowest BCUT2D eigenvalue weighted by molar-refractivity contribution is -0.126. The number of Topliss-reactive ketones (excluding diaryl/α,β-unsaturated/α-hetero) is 1. The van der Waals surface area contributed by atoms with Crippen LogP contribution in [0.25, 0.3) is 0 Å². The molecule has 0 radical (unpaired) electrons. The molecule has 2 nitrogen and oxygen atoms in total. The molecule has 0 amide bonds. The van der Waals surface area contributed by atoms with Crippen LogP contribution in [0.1, 0.15) is 85.5 Å². The Bertz CT molecular complexity index is 397. The summed E-state index contributed by atoms with van der Waals surface area (Å²) in [5.74, 6) is 1.56. The third-order valence-corrected chi connectivity index (χ3v) is 5.89. The van der Waals surface area contributed by atoms with Crippen molar-refractivity contribution in [2.75, 3.05) is 13.7 Å². The summed E-state index contributed by atoms with van der Waals surface area (Å²) in [6.45, 7) is 14.3. The van der Waals surface area contributed by atoms with Gasteiger partial charge in [0.25, 0.3) is 0 Å². The maximum absolute atomic E-state index is 12.9. The van der Waals surface area contributed by atoms with Gasteiger partial charge in [0.05, 0.1) is 0 Å². The number of hydrogen-bond acceptors (Lipinski definition) is 2. The number of hydrogen-bond donors (Lipinski definition) is 0. The molecule has 0 aromatic heterocycles. The molecular formula is C22H40O2. The van der Waals surface area contributed by atoms with Crippen LogP contribution in [0.15, 0.2) is 12.2 Å². The van der Waals surface area contributed by atoms with E-state index in [1.807, 2.05) is 0 Å².